The quantitative estimate of drug-likeness (QED) is 0.739. The third-order valence-electron chi connectivity index (χ3n) is 5.75. The SMILES string of the molecule is CCNC(=O)c1cn(Cc2cccc(OC)c2)cc(C(=O)N2CCCCC2CC)c1=O. The minimum Gasteiger partial charge on any atom is -0.497 e. The summed E-state index contributed by atoms with van der Waals surface area (Å²) in [6, 6.07) is 7.69. The fourth-order valence-corrected chi connectivity index (χ4v) is 4.12. The molecule has 2 aromatic rings. The van der Waals surface area contributed by atoms with Gasteiger partial charge in [-0.25, -0.2) is 0 Å². The van der Waals surface area contributed by atoms with E-state index in [0.717, 1.165) is 37.0 Å². The van der Waals surface area contributed by atoms with E-state index in [9.17, 15) is 14.4 Å². The molecule has 1 aromatic carbocycles. The molecule has 1 N–H and O–H groups in total. The number of hydrogen-bond donors (Lipinski definition) is 1. The average Bonchev–Trinajstić information content (AvgIpc) is 2.79. The van der Waals surface area contributed by atoms with Gasteiger partial charge in [-0.15, -0.1) is 0 Å². The maximum Gasteiger partial charge on any atom is 0.259 e. The zero-order valence-electron chi connectivity index (χ0n) is 18.5. The highest BCUT2D eigenvalue weighted by atomic mass is 16.5. The van der Waals surface area contributed by atoms with Crippen molar-refractivity contribution in [3.63, 3.8) is 0 Å². The van der Waals surface area contributed by atoms with Gasteiger partial charge in [0.1, 0.15) is 16.9 Å². The molecule has 1 atom stereocenters. The molecule has 1 saturated heterocycles. The van der Waals surface area contributed by atoms with Crippen molar-refractivity contribution in [3.8, 4) is 5.75 Å². The summed E-state index contributed by atoms with van der Waals surface area (Å²) in [4.78, 5) is 40.9. The maximum absolute atomic E-state index is 13.4. The first-order valence-electron chi connectivity index (χ1n) is 10.9. The molecule has 31 heavy (non-hydrogen) atoms. The van der Waals surface area contributed by atoms with Crippen LogP contribution in [0.1, 0.15) is 65.8 Å². The molecule has 0 aliphatic carbocycles. The van der Waals surface area contributed by atoms with E-state index in [2.05, 4.69) is 12.2 Å². The van der Waals surface area contributed by atoms with Crippen LogP contribution in [0.2, 0.25) is 0 Å². The first kappa shape index (κ1) is 22.6. The van der Waals surface area contributed by atoms with Gasteiger partial charge in [0, 0.05) is 38.1 Å². The number of nitrogens with zero attached hydrogens (tertiary/aromatic N) is 2. The number of aromatic nitrogens is 1. The third kappa shape index (κ3) is 5.16. The highest BCUT2D eigenvalue weighted by Gasteiger charge is 2.29. The fourth-order valence-electron chi connectivity index (χ4n) is 4.12. The molecule has 1 aliphatic rings. The van der Waals surface area contributed by atoms with E-state index < -0.39 is 11.3 Å². The summed E-state index contributed by atoms with van der Waals surface area (Å²) in [5.74, 6) is -0.0350. The average molecular weight is 426 g/mol. The summed E-state index contributed by atoms with van der Waals surface area (Å²) >= 11 is 0. The lowest BCUT2D eigenvalue weighted by atomic mass is 9.98. The lowest BCUT2D eigenvalue weighted by Gasteiger charge is -2.35. The molecule has 7 heteroatoms. The van der Waals surface area contributed by atoms with E-state index in [4.69, 9.17) is 4.74 Å². The van der Waals surface area contributed by atoms with Crippen LogP contribution < -0.4 is 15.5 Å². The maximum atomic E-state index is 13.4. The van der Waals surface area contributed by atoms with Gasteiger partial charge in [0.2, 0.25) is 5.43 Å². The van der Waals surface area contributed by atoms with E-state index >= 15 is 0 Å². The summed E-state index contributed by atoms with van der Waals surface area (Å²) < 4.78 is 7.02. The zero-order valence-corrected chi connectivity index (χ0v) is 18.5. The predicted octanol–water partition coefficient (Wildman–Crippen LogP) is 3.06. The number of piperidine rings is 1. The molecule has 0 bridgehead atoms. The Balaban J connectivity index is 2.03. The van der Waals surface area contributed by atoms with E-state index in [0.29, 0.717) is 19.6 Å². The molecule has 0 radical (unpaired) electrons. The third-order valence-corrected chi connectivity index (χ3v) is 5.75. The number of pyridine rings is 1. The first-order valence-corrected chi connectivity index (χ1v) is 10.9. The summed E-state index contributed by atoms with van der Waals surface area (Å²) in [6.45, 7) is 5.29. The molecule has 1 unspecified atom stereocenters. The van der Waals surface area contributed by atoms with E-state index in [1.54, 1.807) is 29.7 Å². The standard InChI is InChI=1S/C24H31N3O4/c1-4-18-10-6-7-12-27(18)24(30)21-16-26(14-17-9-8-11-19(13-17)31-3)15-20(22(21)28)23(29)25-5-2/h8-9,11,13,15-16,18H,4-7,10,12,14H2,1-3H3,(H,25,29). The van der Waals surface area contributed by atoms with Crippen molar-refractivity contribution in [3.05, 3.63) is 63.6 Å². The monoisotopic (exact) mass is 425 g/mol. The second-order valence-electron chi connectivity index (χ2n) is 7.85. The van der Waals surface area contributed by atoms with Crippen LogP contribution in [0.4, 0.5) is 0 Å². The number of benzene rings is 1. The molecule has 3 rings (SSSR count). The van der Waals surface area contributed by atoms with Gasteiger partial charge in [-0.1, -0.05) is 19.1 Å². The number of carbonyl (C=O) groups excluding carboxylic acids is 2. The molecular weight excluding hydrogens is 394 g/mol. The number of nitrogens with one attached hydrogen (secondary N) is 1. The Hall–Kier alpha value is -3.09. The van der Waals surface area contributed by atoms with Crippen molar-refractivity contribution < 1.29 is 14.3 Å². The van der Waals surface area contributed by atoms with Crippen LogP contribution in [-0.2, 0) is 6.54 Å². The Morgan fingerprint density at radius 2 is 1.94 bits per heavy atom. The van der Waals surface area contributed by atoms with E-state index in [-0.39, 0.29) is 23.1 Å². The second-order valence-corrected chi connectivity index (χ2v) is 7.85. The normalized spacial score (nSPS) is 16.1. The van der Waals surface area contributed by atoms with E-state index in [1.807, 2.05) is 24.3 Å². The fraction of sp³-hybridized carbons (Fsp3) is 0.458. The minimum atomic E-state index is -0.515. The molecule has 1 fully saturated rings. The first-order chi connectivity index (χ1) is 15.0. The molecule has 1 aliphatic heterocycles. The van der Waals surface area contributed by atoms with Gasteiger partial charge in [-0.2, -0.15) is 0 Å². The molecule has 1 aromatic heterocycles. The lowest BCUT2D eigenvalue weighted by Crippen LogP contribution is -2.45. The molecule has 166 valence electrons. The number of methoxy groups -OCH3 is 1. The zero-order chi connectivity index (χ0) is 22.4. The van der Waals surface area contributed by atoms with Gasteiger partial charge in [0.05, 0.1) is 7.11 Å². The van der Waals surface area contributed by atoms with Crippen molar-refractivity contribution >= 4 is 11.8 Å². The van der Waals surface area contributed by atoms with Crippen molar-refractivity contribution in [2.75, 3.05) is 20.2 Å². The van der Waals surface area contributed by atoms with Crippen molar-refractivity contribution in [1.29, 1.82) is 0 Å². The van der Waals surface area contributed by atoms with Crippen molar-refractivity contribution in [2.45, 2.75) is 52.1 Å². The van der Waals surface area contributed by atoms with Crippen molar-refractivity contribution in [1.82, 2.24) is 14.8 Å². The molecule has 0 saturated carbocycles. The van der Waals surface area contributed by atoms with Gasteiger partial charge >= 0.3 is 0 Å². The predicted molar refractivity (Wildman–Crippen MR) is 120 cm³/mol. The van der Waals surface area contributed by atoms with Crippen LogP contribution in [0.25, 0.3) is 0 Å². The summed E-state index contributed by atoms with van der Waals surface area (Å²) in [6.07, 6.45) is 6.90. The number of amides is 2. The Morgan fingerprint density at radius 3 is 2.65 bits per heavy atom. The summed E-state index contributed by atoms with van der Waals surface area (Å²) in [7, 11) is 1.60. The van der Waals surface area contributed by atoms with Gasteiger partial charge < -0.3 is 19.5 Å². The highest BCUT2D eigenvalue weighted by Crippen LogP contribution is 2.21. The van der Waals surface area contributed by atoms with Crippen LogP contribution in [-0.4, -0.2) is 47.5 Å². The molecule has 7 nitrogen and oxygen atoms in total. The van der Waals surface area contributed by atoms with Gasteiger partial charge in [-0.05, 0) is 50.3 Å². The highest BCUT2D eigenvalue weighted by molar-refractivity contribution is 5.99. The smallest absolute Gasteiger partial charge is 0.259 e. The Bertz CT molecular complexity index is 999. The Kier molecular flexibility index (Phi) is 7.50. The van der Waals surface area contributed by atoms with Gasteiger partial charge in [-0.3, -0.25) is 14.4 Å². The van der Waals surface area contributed by atoms with Crippen LogP contribution in [0.3, 0.4) is 0 Å². The van der Waals surface area contributed by atoms with Crippen molar-refractivity contribution in [2.24, 2.45) is 0 Å². The van der Waals surface area contributed by atoms with Crippen LogP contribution in [0.15, 0.2) is 41.5 Å². The molecule has 2 heterocycles. The summed E-state index contributed by atoms with van der Waals surface area (Å²) in [5, 5.41) is 2.68. The molecule has 2 amide bonds. The molecule has 0 spiro atoms. The van der Waals surface area contributed by atoms with Crippen LogP contribution in [0.5, 0.6) is 5.75 Å². The topological polar surface area (TPSA) is 80.6 Å². The number of ether oxygens (including phenoxy) is 1. The molecular formula is C24H31N3O4. The second kappa shape index (κ2) is 10.3. The number of carbonyl (C=O) groups is 2. The number of hydrogen-bond acceptors (Lipinski definition) is 4. The Labute approximate surface area is 183 Å². The lowest BCUT2D eigenvalue weighted by molar-refractivity contribution is 0.0605. The Morgan fingerprint density at radius 1 is 1.16 bits per heavy atom. The minimum absolute atomic E-state index is 0.0133. The number of rotatable bonds is 7. The van der Waals surface area contributed by atoms with E-state index in [1.165, 1.54) is 6.20 Å². The number of likely N-dealkylation sites (tertiary alicyclic amines) is 1. The summed E-state index contributed by atoms with van der Waals surface area (Å²) in [5.41, 5.74) is 0.457. The largest absolute Gasteiger partial charge is 0.497 e. The van der Waals surface area contributed by atoms with Crippen LogP contribution in [0, 0.1) is 0 Å². The van der Waals surface area contributed by atoms with Gasteiger partial charge in [0.25, 0.3) is 11.8 Å². The van der Waals surface area contributed by atoms with Crippen LogP contribution >= 0.6 is 0 Å². The van der Waals surface area contributed by atoms with Gasteiger partial charge in [0.15, 0.2) is 0 Å².